The minimum absolute atomic E-state index is 0.0777. The largest absolute Gasteiger partial charge is 0.497 e. The fraction of sp³-hybridized carbons (Fsp3) is 0.364. The standard InChI is InChI=1S/C22H25ClN2O3S/c1-16(29-20-8-6-18(23)7-9-20)22(27)25-12-10-24(11-13-25)21(26)15-17-4-3-5-19(14-17)28-2/h3-9,14,16H,10-13,15H2,1-2H3. The van der Waals surface area contributed by atoms with Gasteiger partial charge in [-0.15, -0.1) is 11.8 Å². The van der Waals surface area contributed by atoms with Gasteiger partial charge < -0.3 is 14.5 Å². The van der Waals surface area contributed by atoms with E-state index in [2.05, 4.69) is 0 Å². The van der Waals surface area contributed by atoms with Crippen LogP contribution in [0.4, 0.5) is 0 Å². The van der Waals surface area contributed by atoms with Crippen molar-refractivity contribution in [1.29, 1.82) is 0 Å². The van der Waals surface area contributed by atoms with Crippen LogP contribution < -0.4 is 4.74 Å². The van der Waals surface area contributed by atoms with Gasteiger partial charge in [0.2, 0.25) is 11.8 Å². The first kappa shape index (κ1) is 21.5. The monoisotopic (exact) mass is 432 g/mol. The Kier molecular flexibility index (Phi) is 7.45. The number of ether oxygens (including phenoxy) is 1. The van der Waals surface area contributed by atoms with Gasteiger partial charge in [-0.1, -0.05) is 23.7 Å². The molecule has 0 saturated carbocycles. The number of rotatable bonds is 6. The Balaban J connectivity index is 1.49. The zero-order valence-corrected chi connectivity index (χ0v) is 18.2. The lowest BCUT2D eigenvalue weighted by Gasteiger charge is -2.36. The van der Waals surface area contributed by atoms with Gasteiger partial charge in [-0.3, -0.25) is 9.59 Å². The number of amides is 2. The van der Waals surface area contributed by atoms with E-state index in [0.29, 0.717) is 37.6 Å². The number of thioether (sulfide) groups is 1. The normalized spacial score (nSPS) is 15.1. The molecule has 1 aliphatic heterocycles. The number of methoxy groups -OCH3 is 1. The lowest BCUT2D eigenvalue weighted by molar-refractivity contribution is -0.138. The van der Waals surface area contributed by atoms with Crippen molar-refractivity contribution in [1.82, 2.24) is 9.80 Å². The van der Waals surface area contributed by atoms with Gasteiger partial charge in [0.1, 0.15) is 5.75 Å². The average Bonchev–Trinajstić information content (AvgIpc) is 2.75. The average molecular weight is 433 g/mol. The van der Waals surface area contributed by atoms with Gasteiger partial charge in [-0.2, -0.15) is 0 Å². The van der Waals surface area contributed by atoms with E-state index in [9.17, 15) is 9.59 Å². The summed E-state index contributed by atoms with van der Waals surface area (Å²) in [4.78, 5) is 30.1. The third kappa shape index (κ3) is 5.90. The number of nitrogens with zero attached hydrogens (tertiary/aromatic N) is 2. The Morgan fingerprint density at radius 3 is 2.38 bits per heavy atom. The summed E-state index contributed by atoms with van der Waals surface area (Å²) in [6.45, 7) is 4.17. The van der Waals surface area contributed by atoms with Gasteiger partial charge in [0.15, 0.2) is 0 Å². The highest BCUT2D eigenvalue weighted by Crippen LogP contribution is 2.26. The van der Waals surface area contributed by atoms with Crippen molar-refractivity contribution in [3.8, 4) is 5.75 Å². The number of hydrogen-bond acceptors (Lipinski definition) is 4. The van der Waals surface area contributed by atoms with E-state index in [-0.39, 0.29) is 17.1 Å². The molecule has 1 aliphatic rings. The third-order valence-corrected chi connectivity index (χ3v) is 6.26. The second-order valence-corrected chi connectivity index (χ2v) is 8.80. The molecule has 2 aromatic rings. The molecule has 1 saturated heterocycles. The molecule has 0 bridgehead atoms. The maximum absolute atomic E-state index is 12.8. The van der Waals surface area contributed by atoms with Gasteiger partial charge >= 0.3 is 0 Å². The number of carbonyl (C=O) groups excluding carboxylic acids is 2. The predicted octanol–water partition coefficient (Wildman–Crippen LogP) is 3.74. The quantitative estimate of drug-likeness (QED) is 0.652. The van der Waals surface area contributed by atoms with Crippen LogP contribution in [-0.4, -0.2) is 60.2 Å². The Bertz CT molecular complexity index is 851. The fourth-order valence-corrected chi connectivity index (χ4v) is 4.35. The first-order chi connectivity index (χ1) is 14.0. The van der Waals surface area contributed by atoms with Crippen molar-refractivity contribution in [2.75, 3.05) is 33.3 Å². The zero-order chi connectivity index (χ0) is 20.8. The molecule has 1 fully saturated rings. The molecule has 1 atom stereocenters. The molecule has 7 heteroatoms. The summed E-state index contributed by atoms with van der Waals surface area (Å²) in [7, 11) is 1.61. The summed E-state index contributed by atoms with van der Waals surface area (Å²) in [6, 6.07) is 15.1. The minimum Gasteiger partial charge on any atom is -0.497 e. The molecule has 0 spiro atoms. The van der Waals surface area contributed by atoms with Crippen LogP contribution in [0.2, 0.25) is 5.02 Å². The minimum atomic E-state index is -0.185. The van der Waals surface area contributed by atoms with Crippen molar-refractivity contribution in [2.45, 2.75) is 23.5 Å². The Morgan fingerprint density at radius 2 is 1.72 bits per heavy atom. The molecule has 3 rings (SSSR count). The van der Waals surface area contributed by atoms with Crippen LogP contribution in [-0.2, 0) is 16.0 Å². The highest BCUT2D eigenvalue weighted by molar-refractivity contribution is 8.00. The van der Waals surface area contributed by atoms with E-state index in [4.69, 9.17) is 16.3 Å². The van der Waals surface area contributed by atoms with Gasteiger partial charge in [0.25, 0.3) is 0 Å². The van der Waals surface area contributed by atoms with E-state index in [1.165, 1.54) is 11.8 Å². The molecule has 0 aromatic heterocycles. The van der Waals surface area contributed by atoms with E-state index in [0.717, 1.165) is 16.2 Å². The molecule has 2 amide bonds. The molecule has 1 heterocycles. The molecule has 5 nitrogen and oxygen atoms in total. The number of benzene rings is 2. The third-order valence-electron chi connectivity index (χ3n) is 4.91. The molecule has 1 unspecified atom stereocenters. The predicted molar refractivity (Wildman–Crippen MR) is 117 cm³/mol. The second-order valence-electron chi connectivity index (χ2n) is 6.95. The van der Waals surface area contributed by atoms with E-state index in [1.807, 2.05) is 65.3 Å². The van der Waals surface area contributed by atoms with Crippen LogP contribution in [0.5, 0.6) is 5.75 Å². The lowest BCUT2D eigenvalue weighted by atomic mass is 10.1. The summed E-state index contributed by atoms with van der Waals surface area (Å²) in [5.41, 5.74) is 0.931. The first-order valence-corrected chi connectivity index (χ1v) is 10.8. The summed E-state index contributed by atoms with van der Waals surface area (Å²) in [5.74, 6) is 0.927. The molecule has 29 heavy (non-hydrogen) atoms. The molecule has 0 radical (unpaired) electrons. The first-order valence-electron chi connectivity index (χ1n) is 9.58. The van der Waals surface area contributed by atoms with E-state index < -0.39 is 0 Å². The number of halogens is 1. The van der Waals surface area contributed by atoms with Crippen molar-refractivity contribution in [2.24, 2.45) is 0 Å². The molecule has 0 aliphatic carbocycles. The number of hydrogen-bond donors (Lipinski definition) is 0. The van der Waals surface area contributed by atoms with Crippen molar-refractivity contribution < 1.29 is 14.3 Å². The second kappa shape index (κ2) is 10.0. The lowest BCUT2D eigenvalue weighted by Crippen LogP contribution is -2.52. The van der Waals surface area contributed by atoms with Crippen LogP contribution in [0.3, 0.4) is 0 Å². The fourth-order valence-electron chi connectivity index (χ4n) is 3.27. The van der Waals surface area contributed by atoms with Crippen LogP contribution in [0, 0.1) is 0 Å². The Hall–Kier alpha value is -2.18. The molecule has 0 N–H and O–H groups in total. The summed E-state index contributed by atoms with van der Waals surface area (Å²) in [6.07, 6.45) is 0.341. The summed E-state index contributed by atoms with van der Waals surface area (Å²) < 4.78 is 5.22. The summed E-state index contributed by atoms with van der Waals surface area (Å²) in [5, 5.41) is 0.498. The number of piperazine rings is 1. The smallest absolute Gasteiger partial charge is 0.235 e. The maximum Gasteiger partial charge on any atom is 0.235 e. The van der Waals surface area contributed by atoms with Gasteiger partial charge in [0.05, 0.1) is 18.8 Å². The van der Waals surface area contributed by atoms with Crippen molar-refractivity contribution in [3.63, 3.8) is 0 Å². The maximum atomic E-state index is 12.8. The highest BCUT2D eigenvalue weighted by atomic mass is 35.5. The van der Waals surface area contributed by atoms with Crippen molar-refractivity contribution in [3.05, 3.63) is 59.1 Å². The Morgan fingerprint density at radius 1 is 1.07 bits per heavy atom. The zero-order valence-electron chi connectivity index (χ0n) is 16.6. The molecular weight excluding hydrogens is 408 g/mol. The van der Waals surface area contributed by atoms with E-state index in [1.54, 1.807) is 7.11 Å². The SMILES string of the molecule is COc1cccc(CC(=O)N2CCN(C(=O)C(C)Sc3ccc(Cl)cc3)CC2)c1. The van der Waals surface area contributed by atoms with Crippen LogP contribution in [0.15, 0.2) is 53.4 Å². The Labute approximate surface area is 181 Å². The highest BCUT2D eigenvalue weighted by Gasteiger charge is 2.27. The molecule has 2 aromatic carbocycles. The molecular formula is C22H25ClN2O3S. The van der Waals surface area contributed by atoms with E-state index >= 15 is 0 Å². The van der Waals surface area contributed by atoms with Gasteiger partial charge in [-0.25, -0.2) is 0 Å². The van der Waals surface area contributed by atoms with Gasteiger partial charge in [-0.05, 0) is 48.9 Å². The number of carbonyl (C=O) groups is 2. The summed E-state index contributed by atoms with van der Waals surface area (Å²) >= 11 is 7.44. The van der Waals surface area contributed by atoms with Crippen LogP contribution in [0.1, 0.15) is 12.5 Å². The topological polar surface area (TPSA) is 49.9 Å². The van der Waals surface area contributed by atoms with Crippen LogP contribution in [0.25, 0.3) is 0 Å². The van der Waals surface area contributed by atoms with Crippen LogP contribution >= 0.6 is 23.4 Å². The molecule has 154 valence electrons. The van der Waals surface area contributed by atoms with Gasteiger partial charge in [0, 0.05) is 36.1 Å². The van der Waals surface area contributed by atoms with Crippen molar-refractivity contribution >= 4 is 35.2 Å².